The standard InChI is InChI=1S/C11H7N5O6/c12-14-13-6-1-2-7(8(5-6)16(20)21)11(19)22-15-9(17)3-4-10(15)18/h1-5,17-18H. The number of carbonyl (C=O) groups is 1. The molecule has 1 heterocycles. The normalized spacial score (nSPS) is 9.82. The number of hydrogen-bond donors (Lipinski definition) is 2. The van der Waals surface area contributed by atoms with Crippen LogP contribution < -0.4 is 4.84 Å². The van der Waals surface area contributed by atoms with Crippen molar-refractivity contribution in [2.45, 2.75) is 0 Å². The van der Waals surface area contributed by atoms with Crippen molar-refractivity contribution in [3.05, 3.63) is 56.5 Å². The third-order valence-electron chi connectivity index (χ3n) is 2.53. The molecule has 0 atom stereocenters. The minimum Gasteiger partial charge on any atom is -0.492 e. The second kappa shape index (κ2) is 5.73. The highest BCUT2D eigenvalue weighted by Crippen LogP contribution is 2.26. The molecule has 0 amide bonds. The van der Waals surface area contributed by atoms with Gasteiger partial charge in [0.15, 0.2) is 0 Å². The Kier molecular flexibility index (Phi) is 3.82. The molecule has 0 bridgehead atoms. The fourth-order valence-corrected chi connectivity index (χ4v) is 1.58. The molecule has 2 aromatic rings. The van der Waals surface area contributed by atoms with Gasteiger partial charge in [-0.15, -0.1) is 4.73 Å². The third kappa shape index (κ3) is 2.73. The molecule has 22 heavy (non-hydrogen) atoms. The van der Waals surface area contributed by atoms with Crippen LogP contribution in [0.25, 0.3) is 10.4 Å². The zero-order valence-corrected chi connectivity index (χ0v) is 10.7. The Hall–Kier alpha value is -3.72. The number of azide groups is 1. The molecule has 11 nitrogen and oxygen atoms in total. The number of rotatable bonds is 4. The van der Waals surface area contributed by atoms with E-state index in [-0.39, 0.29) is 5.69 Å². The summed E-state index contributed by atoms with van der Waals surface area (Å²) in [6, 6.07) is 5.22. The number of nitrogens with zero attached hydrogens (tertiary/aromatic N) is 5. The highest BCUT2D eigenvalue weighted by atomic mass is 16.7. The molecule has 0 spiro atoms. The van der Waals surface area contributed by atoms with Gasteiger partial charge in [-0.2, -0.15) is 0 Å². The van der Waals surface area contributed by atoms with Crippen LogP contribution in [0, 0.1) is 10.1 Å². The van der Waals surface area contributed by atoms with E-state index in [9.17, 15) is 25.1 Å². The number of hydrogen-bond acceptors (Lipinski definition) is 7. The maximum atomic E-state index is 11.9. The first-order valence-corrected chi connectivity index (χ1v) is 5.60. The summed E-state index contributed by atoms with van der Waals surface area (Å²) in [6.07, 6.45) is 0. The Bertz CT molecular complexity index is 788. The third-order valence-corrected chi connectivity index (χ3v) is 2.53. The van der Waals surface area contributed by atoms with Crippen LogP contribution in [0.2, 0.25) is 0 Å². The lowest BCUT2D eigenvalue weighted by molar-refractivity contribution is -0.385. The molecule has 0 aliphatic rings. The minimum absolute atomic E-state index is 0.0580. The average molecular weight is 305 g/mol. The molecule has 112 valence electrons. The molecule has 2 N–H and O–H groups in total. The monoisotopic (exact) mass is 305 g/mol. The maximum absolute atomic E-state index is 11.9. The van der Waals surface area contributed by atoms with Gasteiger partial charge in [0.2, 0.25) is 11.8 Å². The van der Waals surface area contributed by atoms with Crippen LogP contribution >= 0.6 is 0 Å². The second-order valence-corrected chi connectivity index (χ2v) is 3.87. The summed E-state index contributed by atoms with van der Waals surface area (Å²) in [4.78, 5) is 29.2. The van der Waals surface area contributed by atoms with Crippen LogP contribution in [-0.4, -0.2) is 25.8 Å². The number of aromatic nitrogens is 1. The van der Waals surface area contributed by atoms with Gasteiger partial charge in [-0.1, -0.05) is 11.2 Å². The van der Waals surface area contributed by atoms with Crippen LogP contribution in [0.1, 0.15) is 10.4 Å². The topological polar surface area (TPSA) is 164 Å². The van der Waals surface area contributed by atoms with Crippen LogP contribution in [0.3, 0.4) is 0 Å². The van der Waals surface area contributed by atoms with E-state index < -0.39 is 33.9 Å². The van der Waals surface area contributed by atoms with E-state index in [2.05, 4.69) is 14.9 Å². The van der Waals surface area contributed by atoms with Gasteiger partial charge in [0, 0.05) is 28.8 Å². The first-order chi connectivity index (χ1) is 10.4. The van der Waals surface area contributed by atoms with E-state index in [4.69, 9.17) is 5.53 Å². The van der Waals surface area contributed by atoms with Crippen molar-refractivity contribution in [3.63, 3.8) is 0 Å². The highest BCUT2D eigenvalue weighted by Gasteiger charge is 2.24. The van der Waals surface area contributed by atoms with E-state index in [1.807, 2.05) is 0 Å². The smallest absolute Gasteiger partial charge is 0.370 e. The van der Waals surface area contributed by atoms with Crippen molar-refractivity contribution in [1.29, 1.82) is 0 Å². The lowest BCUT2D eigenvalue weighted by Crippen LogP contribution is -2.20. The van der Waals surface area contributed by atoms with Gasteiger partial charge in [0.1, 0.15) is 5.56 Å². The van der Waals surface area contributed by atoms with Crippen LogP contribution in [-0.2, 0) is 0 Å². The molecular weight excluding hydrogens is 298 g/mol. The fourth-order valence-electron chi connectivity index (χ4n) is 1.58. The molecule has 0 aliphatic carbocycles. The van der Waals surface area contributed by atoms with E-state index in [0.717, 1.165) is 24.3 Å². The summed E-state index contributed by atoms with van der Waals surface area (Å²) in [5.74, 6) is -2.33. The molecule has 0 aliphatic heterocycles. The van der Waals surface area contributed by atoms with Gasteiger partial charge < -0.3 is 15.1 Å². The Balaban J connectivity index is 2.41. The molecule has 1 aromatic carbocycles. The SMILES string of the molecule is [N-]=[N+]=Nc1ccc(C(=O)On2c(O)ccc2O)c([N+](=O)[O-])c1. The van der Waals surface area contributed by atoms with Crippen LogP contribution in [0.5, 0.6) is 11.8 Å². The first kappa shape index (κ1) is 14.7. The van der Waals surface area contributed by atoms with E-state index in [0.29, 0.717) is 4.73 Å². The molecule has 0 radical (unpaired) electrons. The number of carbonyl (C=O) groups excluding carboxylic acids is 1. The van der Waals surface area contributed by atoms with E-state index >= 15 is 0 Å². The van der Waals surface area contributed by atoms with E-state index in [1.54, 1.807) is 0 Å². The molecule has 1 aromatic heterocycles. The van der Waals surface area contributed by atoms with Gasteiger partial charge in [0.25, 0.3) is 5.69 Å². The maximum Gasteiger partial charge on any atom is 0.370 e. The molecule has 0 unspecified atom stereocenters. The van der Waals surface area contributed by atoms with Gasteiger partial charge in [0.05, 0.1) is 4.92 Å². The largest absolute Gasteiger partial charge is 0.492 e. The summed E-state index contributed by atoms with van der Waals surface area (Å²) < 4.78 is 0.396. The average Bonchev–Trinajstić information content (AvgIpc) is 2.79. The fraction of sp³-hybridized carbons (Fsp3) is 0. The van der Waals surface area contributed by atoms with Crippen LogP contribution in [0.4, 0.5) is 11.4 Å². The van der Waals surface area contributed by atoms with E-state index in [1.165, 1.54) is 6.07 Å². The predicted octanol–water partition coefficient (Wildman–Crippen LogP) is 2.02. The van der Waals surface area contributed by atoms with Gasteiger partial charge in [-0.3, -0.25) is 10.1 Å². The molecular formula is C11H7N5O6. The molecule has 0 saturated heterocycles. The van der Waals surface area contributed by atoms with Crippen LogP contribution in [0.15, 0.2) is 35.4 Å². The van der Waals surface area contributed by atoms with Crippen molar-refractivity contribution in [3.8, 4) is 11.8 Å². The molecule has 0 saturated carbocycles. The second-order valence-electron chi connectivity index (χ2n) is 3.87. The van der Waals surface area contributed by atoms with Crippen molar-refractivity contribution < 1.29 is 24.8 Å². The van der Waals surface area contributed by atoms with Gasteiger partial charge in [-0.05, 0) is 11.6 Å². The Morgan fingerprint density at radius 2 is 1.95 bits per heavy atom. The summed E-state index contributed by atoms with van der Waals surface area (Å²) in [5, 5.41) is 32.9. The summed E-state index contributed by atoms with van der Waals surface area (Å²) in [5.41, 5.74) is 7.14. The molecule has 11 heteroatoms. The Morgan fingerprint density at radius 1 is 1.32 bits per heavy atom. The number of nitro groups is 1. The lowest BCUT2D eigenvalue weighted by Gasteiger charge is -2.07. The number of aromatic hydroxyl groups is 2. The highest BCUT2D eigenvalue weighted by molar-refractivity contribution is 5.94. The molecule has 0 fully saturated rings. The Labute approximate surface area is 121 Å². The van der Waals surface area contributed by atoms with Crippen molar-refractivity contribution in [2.75, 3.05) is 0 Å². The van der Waals surface area contributed by atoms with Crippen molar-refractivity contribution >= 4 is 17.3 Å². The zero-order valence-electron chi connectivity index (χ0n) is 10.7. The van der Waals surface area contributed by atoms with Crippen molar-refractivity contribution in [1.82, 2.24) is 4.73 Å². The quantitative estimate of drug-likeness (QED) is 0.288. The lowest BCUT2D eigenvalue weighted by atomic mass is 10.1. The zero-order chi connectivity index (χ0) is 16.3. The Morgan fingerprint density at radius 3 is 2.50 bits per heavy atom. The molecule has 2 rings (SSSR count). The number of benzene rings is 1. The van der Waals surface area contributed by atoms with Gasteiger partial charge >= 0.3 is 5.97 Å². The summed E-state index contributed by atoms with van der Waals surface area (Å²) in [6.45, 7) is 0. The predicted molar refractivity (Wildman–Crippen MR) is 70.6 cm³/mol. The summed E-state index contributed by atoms with van der Waals surface area (Å²) >= 11 is 0. The first-order valence-electron chi connectivity index (χ1n) is 5.60. The van der Waals surface area contributed by atoms with Crippen molar-refractivity contribution in [2.24, 2.45) is 5.11 Å². The van der Waals surface area contributed by atoms with Gasteiger partial charge in [-0.25, -0.2) is 4.79 Å². The minimum atomic E-state index is -1.19. The summed E-state index contributed by atoms with van der Waals surface area (Å²) in [7, 11) is 0. The number of nitro benzene ring substituents is 1.